The molecule has 0 spiro atoms. The van der Waals surface area contributed by atoms with Crippen LogP contribution in [0.15, 0.2) is 47.4 Å². The van der Waals surface area contributed by atoms with E-state index in [-0.39, 0.29) is 21.7 Å². The predicted molar refractivity (Wildman–Crippen MR) is 134 cm³/mol. The number of amides is 1. The number of hydrogen-bond acceptors (Lipinski definition) is 6. The standard InChI is InChI=1S/C24H29N3O6S2/c1-26(34(2,30)31)23-10-3-17(16-28)15-22(23)24(29)25-20-6-8-21(9-7-20)35(32,33)27-13-11-19(12-14-27)18-4-5-18/h3,6-10,15-16,18-19H,4-5,11-14H2,1-2H3,(H,25,29). The van der Waals surface area contributed by atoms with Crippen molar-refractivity contribution in [2.75, 3.05) is 36.0 Å². The summed E-state index contributed by atoms with van der Waals surface area (Å²) in [5.74, 6) is 0.771. The number of carbonyl (C=O) groups excluding carboxylic acids is 2. The Labute approximate surface area is 206 Å². The van der Waals surface area contributed by atoms with Crippen molar-refractivity contribution in [2.45, 2.75) is 30.6 Å². The Kier molecular flexibility index (Phi) is 7.03. The van der Waals surface area contributed by atoms with Gasteiger partial charge in [0.1, 0.15) is 6.29 Å². The summed E-state index contributed by atoms with van der Waals surface area (Å²) in [5, 5.41) is 2.65. The number of rotatable bonds is 8. The number of hydrogen-bond donors (Lipinski definition) is 1. The van der Waals surface area contributed by atoms with Crippen molar-refractivity contribution in [3.63, 3.8) is 0 Å². The molecule has 1 heterocycles. The van der Waals surface area contributed by atoms with Gasteiger partial charge in [-0.1, -0.05) is 0 Å². The lowest BCUT2D eigenvalue weighted by molar-refractivity contribution is 0.102. The lowest BCUT2D eigenvalue weighted by atomic mass is 9.93. The molecule has 1 saturated carbocycles. The Morgan fingerprint density at radius 1 is 0.971 bits per heavy atom. The van der Waals surface area contributed by atoms with Crippen LogP contribution in [-0.4, -0.2) is 59.7 Å². The summed E-state index contributed by atoms with van der Waals surface area (Å²) in [6.45, 7) is 1.04. The van der Waals surface area contributed by atoms with E-state index >= 15 is 0 Å². The van der Waals surface area contributed by atoms with Gasteiger partial charge in [0.15, 0.2) is 0 Å². The Hall–Kier alpha value is -2.76. The highest BCUT2D eigenvalue weighted by Crippen LogP contribution is 2.42. The molecule has 1 aliphatic heterocycles. The first kappa shape index (κ1) is 25.3. The van der Waals surface area contributed by atoms with Crippen LogP contribution < -0.4 is 9.62 Å². The molecule has 1 aliphatic carbocycles. The Morgan fingerprint density at radius 3 is 2.11 bits per heavy atom. The molecule has 2 fully saturated rings. The molecule has 2 aromatic carbocycles. The molecule has 1 amide bonds. The second kappa shape index (κ2) is 9.71. The number of nitrogens with zero attached hydrogens (tertiary/aromatic N) is 2. The van der Waals surface area contributed by atoms with Crippen molar-refractivity contribution < 1.29 is 26.4 Å². The topological polar surface area (TPSA) is 121 Å². The van der Waals surface area contributed by atoms with Crippen LogP contribution in [0.1, 0.15) is 46.4 Å². The van der Waals surface area contributed by atoms with E-state index in [9.17, 15) is 26.4 Å². The Bertz CT molecular complexity index is 1330. The molecule has 2 aliphatic rings. The average molecular weight is 520 g/mol. The second-order valence-corrected chi connectivity index (χ2v) is 13.1. The van der Waals surface area contributed by atoms with Gasteiger partial charge in [-0.25, -0.2) is 16.8 Å². The van der Waals surface area contributed by atoms with Crippen molar-refractivity contribution in [2.24, 2.45) is 11.8 Å². The SMILES string of the molecule is CN(c1ccc(C=O)cc1C(=O)Nc1ccc(S(=O)(=O)N2CCC(C3CC3)CC2)cc1)S(C)(=O)=O. The second-order valence-electron chi connectivity index (χ2n) is 9.18. The van der Waals surface area contributed by atoms with Crippen LogP contribution in [0.5, 0.6) is 0 Å². The van der Waals surface area contributed by atoms with Gasteiger partial charge in [0, 0.05) is 31.4 Å². The molecule has 1 saturated heterocycles. The van der Waals surface area contributed by atoms with Crippen LogP contribution in [-0.2, 0) is 20.0 Å². The highest BCUT2D eigenvalue weighted by Gasteiger charge is 2.36. The quantitative estimate of drug-likeness (QED) is 0.536. The summed E-state index contributed by atoms with van der Waals surface area (Å²) in [4.78, 5) is 24.3. The van der Waals surface area contributed by atoms with E-state index in [4.69, 9.17) is 0 Å². The van der Waals surface area contributed by atoms with E-state index in [1.165, 1.54) is 66.7 Å². The maximum absolute atomic E-state index is 13.1. The zero-order valence-electron chi connectivity index (χ0n) is 19.7. The fraction of sp³-hybridized carbons (Fsp3) is 0.417. The lowest BCUT2D eigenvalue weighted by Crippen LogP contribution is -2.38. The van der Waals surface area contributed by atoms with Crippen molar-refractivity contribution in [1.82, 2.24) is 4.31 Å². The van der Waals surface area contributed by atoms with Gasteiger partial charge in [-0.05, 0) is 80.0 Å². The highest BCUT2D eigenvalue weighted by atomic mass is 32.2. The van der Waals surface area contributed by atoms with Gasteiger partial charge in [-0.15, -0.1) is 0 Å². The molecule has 188 valence electrons. The smallest absolute Gasteiger partial charge is 0.257 e. The van der Waals surface area contributed by atoms with Crippen LogP contribution in [0.4, 0.5) is 11.4 Å². The van der Waals surface area contributed by atoms with Crippen LogP contribution >= 0.6 is 0 Å². The maximum atomic E-state index is 13.1. The first-order valence-corrected chi connectivity index (χ1v) is 14.7. The molecule has 11 heteroatoms. The van der Waals surface area contributed by atoms with Crippen LogP contribution in [0.2, 0.25) is 0 Å². The molecule has 0 atom stereocenters. The maximum Gasteiger partial charge on any atom is 0.257 e. The molecule has 0 unspecified atom stereocenters. The number of aldehydes is 1. The van der Waals surface area contributed by atoms with Crippen LogP contribution in [0.3, 0.4) is 0 Å². The van der Waals surface area contributed by atoms with E-state index in [1.54, 1.807) is 0 Å². The summed E-state index contributed by atoms with van der Waals surface area (Å²) in [5.41, 5.74) is 0.667. The van der Waals surface area contributed by atoms with E-state index in [0.29, 0.717) is 31.0 Å². The van der Waals surface area contributed by atoms with Gasteiger partial charge in [0.2, 0.25) is 20.0 Å². The molecule has 0 bridgehead atoms. The van der Waals surface area contributed by atoms with Gasteiger partial charge in [0.05, 0.1) is 22.4 Å². The van der Waals surface area contributed by atoms with E-state index in [2.05, 4.69) is 5.32 Å². The predicted octanol–water partition coefficient (Wildman–Crippen LogP) is 2.96. The third-order valence-electron chi connectivity index (χ3n) is 6.78. The Morgan fingerprint density at radius 2 is 1.57 bits per heavy atom. The number of sulfonamides is 2. The van der Waals surface area contributed by atoms with Crippen molar-refractivity contribution in [1.29, 1.82) is 0 Å². The molecule has 1 N–H and O–H groups in total. The zero-order valence-corrected chi connectivity index (χ0v) is 21.3. The first-order chi connectivity index (χ1) is 16.5. The van der Waals surface area contributed by atoms with E-state index < -0.39 is 26.0 Å². The van der Waals surface area contributed by atoms with Crippen molar-refractivity contribution in [3.8, 4) is 0 Å². The molecule has 2 aromatic rings. The van der Waals surface area contributed by atoms with Gasteiger partial charge < -0.3 is 5.32 Å². The fourth-order valence-corrected chi connectivity index (χ4v) is 6.46. The fourth-order valence-electron chi connectivity index (χ4n) is 4.47. The molecule has 35 heavy (non-hydrogen) atoms. The molecule has 9 nitrogen and oxygen atoms in total. The molecular weight excluding hydrogens is 490 g/mol. The molecule has 4 rings (SSSR count). The lowest BCUT2D eigenvalue weighted by Gasteiger charge is -2.31. The Balaban J connectivity index is 1.50. The monoisotopic (exact) mass is 519 g/mol. The highest BCUT2D eigenvalue weighted by molar-refractivity contribution is 7.92. The van der Waals surface area contributed by atoms with Crippen molar-refractivity contribution >= 4 is 43.6 Å². The summed E-state index contributed by atoms with van der Waals surface area (Å²) in [6, 6.07) is 10.0. The average Bonchev–Trinajstić information content (AvgIpc) is 3.68. The number of benzene rings is 2. The summed E-state index contributed by atoms with van der Waals surface area (Å²) < 4.78 is 52.6. The zero-order chi connectivity index (χ0) is 25.4. The van der Waals surface area contributed by atoms with Crippen LogP contribution in [0.25, 0.3) is 0 Å². The molecule has 0 radical (unpaired) electrons. The summed E-state index contributed by atoms with van der Waals surface area (Å²) >= 11 is 0. The van der Waals surface area contributed by atoms with Gasteiger partial charge in [-0.3, -0.25) is 13.9 Å². The molecule has 0 aromatic heterocycles. The minimum atomic E-state index is -3.65. The number of piperidine rings is 1. The molecular formula is C24H29N3O6S2. The van der Waals surface area contributed by atoms with Gasteiger partial charge in [-0.2, -0.15) is 4.31 Å². The summed E-state index contributed by atoms with van der Waals surface area (Å²) in [6.07, 6.45) is 5.88. The normalized spacial score (nSPS) is 17.7. The number of nitrogens with one attached hydrogen (secondary N) is 1. The van der Waals surface area contributed by atoms with E-state index in [1.807, 2.05) is 0 Å². The largest absolute Gasteiger partial charge is 0.322 e. The number of anilines is 2. The summed E-state index contributed by atoms with van der Waals surface area (Å²) in [7, 11) is -5.96. The van der Waals surface area contributed by atoms with Crippen LogP contribution in [0, 0.1) is 11.8 Å². The van der Waals surface area contributed by atoms with E-state index in [0.717, 1.165) is 29.3 Å². The van der Waals surface area contributed by atoms with Gasteiger partial charge in [0.25, 0.3) is 5.91 Å². The first-order valence-electron chi connectivity index (χ1n) is 11.5. The number of carbonyl (C=O) groups is 2. The third kappa shape index (κ3) is 5.57. The third-order valence-corrected chi connectivity index (χ3v) is 9.88. The minimum absolute atomic E-state index is 0.00208. The minimum Gasteiger partial charge on any atom is -0.322 e. The van der Waals surface area contributed by atoms with Gasteiger partial charge >= 0.3 is 0 Å². The van der Waals surface area contributed by atoms with Crippen molar-refractivity contribution in [3.05, 3.63) is 53.6 Å².